The molecule has 6 heterocycles. The highest BCUT2D eigenvalue weighted by Gasteiger charge is 2.22. The minimum absolute atomic E-state index is 0.639. The Morgan fingerprint density at radius 1 is 0.373 bits per heavy atom. The van der Waals surface area contributed by atoms with Crippen LogP contribution in [0.5, 0.6) is 0 Å². The van der Waals surface area contributed by atoms with Crippen LogP contribution in [0.15, 0.2) is 174 Å². The first-order valence-corrected chi connectivity index (χ1v) is 16.6. The first kappa shape index (κ1) is 27.7. The molecule has 0 N–H and O–H groups in total. The van der Waals surface area contributed by atoms with Crippen molar-refractivity contribution in [3.05, 3.63) is 152 Å². The molecule has 8 heteroatoms. The van der Waals surface area contributed by atoms with Gasteiger partial charge in [0.15, 0.2) is 5.58 Å². The van der Waals surface area contributed by atoms with Gasteiger partial charge in [-0.25, -0.2) is 4.98 Å². The van der Waals surface area contributed by atoms with Gasteiger partial charge in [0.2, 0.25) is 11.8 Å². The van der Waals surface area contributed by atoms with Gasteiger partial charge in [-0.1, -0.05) is 36.4 Å². The van der Waals surface area contributed by atoms with E-state index >= 15 is 0 Å². The molecular weight excluding hydrogens is 638 g/mol. The highest BCUT2D eigenvalue weighted by atomic mass is 16.4. The molecule has 0 amide bonds. The Kier molecular flexibility index (Phi) is 5.79. The fourth-order valence-electron chi connectivity index (χ4n) is 7.19. The monoisotopic (exact) mass is 663 g/mol. The molecule has 0 aliphatic carbocycles. The maximum atomic E-state index is 6.55. The number of furan rings is 5. The van der Waals surface area contributed by atoms with Gasteiger partial charge in [-0.15, -0.1) is 0 Å². The van der Waals surface area contributed by atoms with Crippen molar-refractivity contribution >= 4 is 100 Å². The third-order valence-electron chi connectivity index (χ3n) is 9.49. The van der Waals surface area contributed by atoms with E-state index in [0.717, 1.165) is 77.5 Å². The lowest BCUT2D eigenvalue weighted by molar-refractivity contribution is 0.573. The molecule has 51 heavy (non-hydrogen) atoms. The Labute approximate surface area is 288 Å². The molecule has 8 nitrogen and oxygen atoms in total. The number of hydrogen-bond donors (Lipinski definition) is 0. The number of aromatic nitrogens is 1. The maximum Gasteiger partial charge on any atom is 0.204 e. The summed E-state index contributed by atoms with van der Waals surface area (Å²) in [6, 6.07) is 44.2. The summed E-state index contributed by atoms with van der Waals surface area (Å²) < 4.78 is 30.9. The van der Waals surface area contributed by atoms with E-state index in [1.807, 2.05) is 107 Å². The van der Waals surface area contributed by atoms with Crippen molar-refractivity contribution in [3.8, 4) is 0 Å². The average Bonchev–Trinajstić information content (AvgIpc) is 4.01. The second-order valence-electron chi connectivity index (χ2n) is 12.5. The molecule has 5 aromatic carbocycles. The van der Waals surface area contributed by atoms with Crippen molar-refractivity contribution in [1.82, 2.24) is 4.98 Å². The molecule has 0 aliphatic rings. The fourth-order valence-corrected chi connectivity index (χ4v) is 7.19. The normalized spacial score (nSPS) is 11.9. The second-order valence-corrected chi connectivity index (χ2v) is 12.5. The third kappa shape index (κ3) is 4.30. The molecule has 0 unspecified atom stereocenters. The number of nitrogens with zero attached hydrogens (tertiary/aromatic N) is 3. The summed E-state index contributed by atoms with van der Waals surface area (Å²) in [5.74, 6) is 1.30. The maximum absolute atomic E-state index is 6.55. The molecule has 0 saturated heterocycles. The molecule has 0 bridgehead atoms. The summed E-state index contributed by atoms with van der Waals surface area (Å²) in [6.07, 6.45) is 5.17. The Morgan fingerprint density at radius 3 is 1.37 bits per heavy atom. The van der Waals surface area contributed by atoms with Crippen LogP contribution in [0.3, 0.4) is 0 Å². The van der Waals surface area contributed by atoms with E-state index in [-0.39, 0.29) is 0 Å². The van der Waals surface area contributed by atoms with E-state index < -0.39 is 0 Å². The highest BCUT2D eigenvalue weighted by molar-refractivity contribution is 6.08. The molecule has 0 radical (unpaired) electrons. The summed E-state index contributed by atoms with van der Waals surface area (Å²) in [7, 11) is 0. The topological polar surface area (TPSA) is 85.1 Å². The van der Waals surface area contributed by atoms with Crippen LogP contribution in [-0.4, -0.2) is 4.98 Å². The lowest BCUT2D eigenvalue weighted by Crippen LogP contribution is -2.09. The molecule has 0 fully saturated rings. The molecular formula is C43H25N3O5. The van der Waals surface area contributed by atoms with Gasteiger partial charge >= 0.3 is 0 Å². The molecule has 0 atom stereocenters. The van der Waals surface area contributed by atoms with Gasteiger partial charge in [-0.05, 0) is 60.7 Å². The standard InChI is InChI=1S/C43H25N3O5/c1-3-9-35-30(7-1)32-16-13-26(21-37(32)49-35)45(41-11-5-19-47-41)27-15-18-34-39(23-27)51-40-24-29(25-44-43(34)40)46(42-12-6-20-48-42)28-14-17-33-31-8-2-4-10-36(31)50-38(33)22-28/h1-25H. The molecule has 0 aliphatic heterocycles. The first-order chi connectivity index (χ1) is 25.2. The van der Waals surface area contributed by atoms with E-state index in [4.69, 9.17) is 27.1 Å². The minimum Gasteiger partial charge on any atom is -0.456 e. The van der Waals surface area contributed by atoms with Crippen LogP contribution in [0.1, 0.15) is 0 Å². The predicted octanol–water partition coefficient (Wildman–Crippen LogP) is 12.9. The summed E-state index contributed by atoms with van der Waals surface area (Å²) >= 11 is 0. The predicted molar refractivity (Wildman–Crippen MR) is 200 cm³/mol. The Balaban J connectivity index is 1.02. The van der Waals surface area contributed by atoms with Crippen molar-refractivity contribution in [1.29, 1.82) is 0 Å². The van der Waals surface area contributed by atoms with Crippen molar-refractivity contribution in [2.75, 3.05) is 9.80 Å². The van der Waals surface area contributed by atoms with Gasteiger partial charge in [-0.2, -0.15) is 0 Å². The van der Waals surface area contributed by atoms with Crippen LogP contribution in [0, 0.1) is 0 Å². The third-order valence-corrected chi connectivity index (χ3v) is 9.49. The van der Waals surface area contributed by atoms with Crippen LogP contribution >= 0.6 is 0 Å². The molecule has 11 aromatic rings. The minimum atomic E-state index is 0.639. The van der Waals surface area contributed by atoms with E-state index in [0.29, 0.717) is 22.9 Å². The SMILES string of the molecule is c1coc(N(c2ccc3c(c2)oc2ccccc23)c2ccc3c(c2)oc2cc(N(c4ccc5c(c4)oc4ccccc45)c4ccco4)cnc23)c1. The first-order valence-electron chi connectivity index (χ1n) is 16.6. The van der Waals surface area contributed by atoms with Crippen molar-refractivity contribution < 1.29 is 22.1 Å². The molecule has 0 spiro atoms. The zero-order valence-electron chi connectivity index (χ0n) is 26.8. The lowest BCUT2D eigenvalue weighted by atomic mass is 10.1. The van der Waals surface area contributed by atoms with Gasteiger partial charge in [0.05, 0.1) is 41.5 Å². The smallest absolute Gasteiger partial charge is 0.204 e. The van der Waals surface area contributed by atoms with E-state index in [9.17, 15) is 0 Å². The number of fused-ring (bicyclic) bond motifs is 9. The van der Waals surface area contributed by atoms with E-state index in [2.05, 4.69) is 42.5 Å². The summed E-state index contributed by atoms with van der Waals surface area (Å²) in [5.41, 5.74) is 8.80. The number of rotatable bonds is 6. The van der Waals surface area contributed by atoms with Gasteiger partial charge in [0.1, 0.15) is 33.4 Å². The summed E-state index contributed by atoms with van der Waals surface area (Å²) in [4.78, 5) is 8.97. The Morgan fingerprint density at radius 2 is 0.824 bits per heavy atom. The second kappa shape index (κ2) is 10.7. The highest BCUT2D eigenvalue weighted by Crippen LogP contribution is 2.43. The molecule has 242 valence electrons. The quantitative estimate of drug-likeness (QED) is 0.174. The van der Waals surface area contributed by atoms with Gasteiger partial charge in [0.25, 0.3) is 0 Å². The van der Waals surface area contributed by atoms with Crippen LogP contribution < -0.4 is 9.80 Å². The number of pyridine rings is 1. The molecule has 6 aromatic heterocycles. The average molecular weight is 664 g/mol. The van der Waals surface area contributed by atoms with Crippen molar-refractivity contribution in [2.45, 2.75) is 0 Å². The Hall–Kier alpha value is -7.19. The molecule has 0 saturated carbocycles. The number of anilines is 6. The van der Waals surface area contributed by atoms with Gasteiger partial charge < -0.3 is 22.1 Å². The molecule has 11 rings (SSSR count). The van der Waals surface area contributed by atoms with Crippen molar-refractivity contribution in [3.63, 3.8) is 0 Å². The van der Waals surface area contributed by atoms with Gasteiger partial charge in [0, 0.05) is 63.3 Å². The van der Waals surface area contributed by atoms with E-state index in [1.54, 1.807) is 12.5 Å². The zero-order chi connectivity index (χ0) is 33.5. The van der Waals surface area contributed by atoms with Crippen molar-refractivity contribution in [2.24, 2.45) is 0 Å². The number of benzene rings is 5. The van der Waals surface area contributed by atoms with Crippen LogP contribution in [-0.2, 0) is 0 Å². The van der Waals surface area contributed by atoms with E-state index in [1.165, 1.54) is 0 Å². The van der Waals surface area contributed by atoms with Crippen LogP contribution in [0.2, 0.25) is 0 Å². The summed E-state index contributed by atoms with van der Waals surface area (Å²) in [6.45, 7) is 0. The summed E-state index contributed by atoms with van der Waals surface area (Å²) in [5, 5.41) is 5.18. The Bertz CT molecular complexity index is 2850. The van der Waals surface area contributed by atoms with Crippen LogP contribution in [0.4, 0.5) is 34.5 Å². The zero-order valence-corrected chi connectivity index (χ0v) is 26.8. The van der Waals surface area contributed by atoms with Crippen LogP contribution in [0.25, 0.3) is 65.9 Å². The lowest BCUT2D eigenvalue weighted by Gasteiger charge is -2.22. The number of hydrogen-bond acceptors (Lipinski definition) is 8. The fraction of sp³-hybridized carbons (Fsp3) is 0. The van der Waals surface area contributed by atoms with Gasteiger partial charge in [-0.3, -0.25) is 9.80 Å². The number of para-hydroxylation sites is 2. The largest absolute Gasteiger partial charge is 0.456 e.